The van der Waals surface area contributed by atoms with Gasteiger partial charge in [0.25, 0.3) is 0 Å². The molecule has 0 aromatic carbocycles. The summed E-state index contributed by atoms with van der Waals surface area (Å²) in [5.41, 5.74) is 0.596. The molecule has 0 aliphatic rings. The highest BCUT2D eigenvalue weighted by atomic mass is 32.1. The van der Waals surface area contributed by atoms with Crippen molar-refractivity contribution in [1.29, 1.82) is 0 Å². The minimum absolute atomic E-state index is 0.239. The number of aromatic nitrogens is 1. The number of fused-ring (bicyclic) bond motifs is 1. The normalized spacial score (nSPS) is 11.5. The molecule has 0 radical (unpaired) electrons. The lowest BCUT2D eigenvalue weighted by Gasteiger charge is -2.22. The van der Waals surface area contributed by atoms with E-state index in [0.717, 1.165) is 0 Å². The number of hydrogen-bond acceptors (Lipinski definition) is 7. The fraction of sp³-hybridized carbons (Fsp3) is 0.438. The Labute approximate surface area is 147 Å². The van der Waals surface area contributed by atoms with Crippen LogP contribution in [0.1, 0.15) is 38.1 Å². The number of ether oxygens (including phenoxy) is 1. The number of thiophene rings is 1. The fourth-order valence-corrected chi connectivity index (χ4v) is 3.17. The van der Waals surface area contributed by atoms with Crippen LogP contribution < -0.4 is 10.9 Å². The summed E-state index contributed by atoms with van der Waals surface area (Å²) in [7, 11) is 0. The number of rotatable bonds is 7. The predicted octanol–water partition coefficient (Wildman–Crippen LogP) is 2.47. The van der Waals surface area contributed by atoms with Crippen molar-refractivity contribution in [2.24, 2.45) is 0 Å². The van der Waals surface area contributed by atoms with E-state index in [0.29, 0.717) is 16.4 Å². The molecule has 0 unspecified atom stereocenters. The largest absolute Gasteiger partial charge is 0.477 e. The van der Waals surface area contributed by atoms with Crippen LogP contribution in [0.15, 0.2) is 17.1 Å². The summed E-state index contributed by atoms with van der Waals surface area (Å²) in [4.78, 5) is 41.4. The van der Waals surface area contributed by atoms with Crippen molar-refractivity contribution in [3.8, 4) is 0 Å². The highest BCUT2D eigenvalue weighted by Gasteiger charge is 2.31. The molecule has 0 spiro atoms. The van der Waals surface area contributed by atoms with Crippen LogP contribution in [0, 0.1) is 0 Å². The smallest absolute Gasteiger partial charge is 0.341 e. The second kappa shape index (κ2) is 7.24. The second-order valence-electron chi connectivity index (χ2n) is 5.73. The van der Waals surface area contributed by atoms with Gasteiger partial charge in [-0.15, -0.1) is 0 Å². The topological polar surface area (TPSA) is 107 Å². The molecule has 0 fully saturated rings. The maximum absolute atomic E-state index is 12.3. The minimum atomic E-state index is -1.27. The lowest BCUT2D eigenvalue weighted by Crippen LogP contribution is -2.38. The molecule has 25 heavy (non-hydrogen) atoms. The molecule has 2 N–H and O–H groups in total. The molecule has 0 aliphatic heterocycles. The predicted molar refractivity (Wildman–Crippen MR) is 94.1 cm³/mol. The molecule has 0 bridgehead atoms. The lowest BCUT2D eigenvalue weighted by atomic mass is 10.1. The molecule has 136 valence electrons. The van der Waals surface area contributed by atoms with Crippen LogP contribution in [0.3, 0.4) is 0 Å². The first kappa shape index (κ1) is 18.9. The maximum atomic E-state index is 12.3. The monoisotopic (exact) mass is 368 g/mol. The third kappa shape index (κ3) is 3.83. The number of hydrogen-bond donors (Lipinski definition) is 2. The highest BCUT2D eigenvalue weighted by Crippen LogP contribution is 2.29. The Bertz CT molecular complexity index is 867. The third-order valence-electron chi connectivity index (χ3n) is 3.49. The zero-order valence-corrected chi connectivity index (χ0v) is 15.2. The van der Waals surface area contributed by atoms with E-state index in [9.17, 15) is 19.5 Å². The average molecular weight is 368 g/mol. The van der Waals surface area contributed by atoms with Crippen LogP contribution in [-0.2, 0) is 20.9 Å². The Kier molecular flexibility index (Phi) is 5.48. The van der Waals surface area contributed by atoms with Gasteiger partial charge in [0.2, 0.25) is 5.43 Å². The van der Waals surface area contributed by atoms with Gasteiger partial charge in [0.05, 0.1) is 12.0 Å². The van der Waals surface area contributed by atoms with E-state index >= 15 is 0 Å². The summed E-state index contributed by atoms with van der Waals surface area (Å²) in [5.74, 6) is -1.79. The molecule has 2 aromatic heterocycles. The van der Waals surface area contributed by atoms with E-state index in [2.05, 4.69) is 5.48 Å². The van der Waals surface area contributed by atoms with E-state index in [1.54, 1.807) is 25.3 Å². The zero-order chi connectivity index (χ0) is 18.8. The van der Waals surface area contributed by atoms with Crippen molar-refractivity contribution in [3.63, 3.8) is 0 Å². The molecule has 9 heteroatoms. The summed E-state index contributed by atoms with van der Waals surface area (Å²) >= 11 is 1.23. The van der Waals surface area contributed by atoms with Gasteiger partial charge in [0, 0.05) is 12.7 Å². The number of carboxylic acid groups (broad SMARTS) is 1. The first-order valence-electron chi connectivity index (χ1n) is 7.72. The summed E-state index contributed by atoms with van der Waals surface area (Å²) in [6.45, 7) is 7.41. The van der Waals surface area contributed by atoms with Gasteiger partial charge in [-0.25, -0.2) is 9.59 Å². The molecule has 0 aliphatic carbocycles. The molecule has 0 amide bonds. The summed E-state index contributed by atoms with van der Waals surface area (Å²) in [6.07, 6.45) is 1.33. The number of nitrogens with one attached hydrogen (secondary N) is 1. The molecular weight excluding hydrogens is 348 g/mol. The second-order valence-corrected chi connectivity index (χ2v) is 6.76. The molecular formula is C16H20N2O6S. The van der Waals surface area contributed by atoms with Gasteiger partial charge in [-0.2, -0.15) is 0 Å². The SMILES string of the molecule is CCOC(=O)C(C)(C)ONc1cc2c(=O)c(C(=O)O)cn(CC)c2s1. The van der Waals surface area contributed by atoms with Crippen molar-refractivity contribution in [3.05, 3.63) is 28.0 Å². The van der Waals surface area contributed by atoms with Gasteiger partial charge < -0.3 is 14.4 Å². The van der Waals surface area contributed by atoms with Crippen molar-refractivity contribution in [1.82, 2.24) is 4.57 Å². The molecule has 2 aromatic rings. The number of carbonyl (C=O) groups is 2. The third-order valence-corrected chi connectivity index (χ3v) is 4.56. The van der Waals surface area contributed by atoms with Gasteiger partial charge in [0.1, 0.15) is 15.4 Å². The highest BCUT2D eigenvalue weighted by molar-refractivity contribution is 7.22. The Morgan fingerprint density at radius 1 is 1.36 bits per heavy atom. The van der Waals surface area contributed by atoms with Crippen molar-refractivity contribution in [2.45, 2.75) is 39.8 Å². The average Bonchev–Trinajstić information content (AvgIpc) is 2.98. The summed E-state index contributed by atoms with van der Waals surface area (Å²) in [5, 5.41) is 9.94. The zero-order valence-electron chi connectivity index (χ0n) is 14.4. The van der Waals surface area contributed by atoms with Crippen LogP contribution in [0.25, 0.3) is 10.2 Å². The summed E-state index contributed by atoms with van der Waals surface area (Å²) in [6, 6.07) is 1.52. The van der Waals surface area contributed by atoms with Gasteiger partial charge in [-0.05, 0) is 33.8 Å². The number of anilines is 1. The standard InChI is InChI=1S/C16H20N2O6S/c1-5-18-8-10(14(20)21)12(19)9-7-11(25-13(9)18)17-24-16(3,4)15(22)23-6-2/h7-8,17H,5-6H2,1-4H3,(H,20,21). The Morgan fingerprint density at radius 3 is 2.60 bits per heavy atom. The van der Waals surface area contributed by atoms with Crippen LogP contribution in [-0.4, -0.2) is 33.8 Å². The van der Waals surface area contributed by atoms with Crippen LogP contribution in [0.2, 0.25) is 0 Å². The Balaban J connectivity index is 2.35. The van der Waals surface area contributed by atoms with Crippen molar-refractivity contribution < 1.29 is 24.3 Å². The quantitative estimate of drug-likeness (QED) is 0.571. The van der Waals surface area contributed by atoms with Crippen LogP contribution >= 0.6 is 11.3 Å². The van der Waals surface area contributed by atoms with Crippen LogP contribution in [0.5, 0.6) is 0 Å². The lowest BCUT2D eigenvalue weighted by molar-refractivity contribution is -0.164. The number of aromatic carboxylic acids is 1. The van der Waals surface area contributed by atoms with E-state index < -0.39 is 23.0 Å². The summed E-state index contributed by atoms with van der Waals surface area (Å²) < 4.78 is 6.62. The Hall–Kier alpha value is -2.39. The van der Waals surface area contributed by atoms with Gasteiger partial charge in [-0.1, -0.05) is 11.3 Å². The van der Waals surface area contributed by atoms with Gasteiger partial charge in [0.15, 0.2) is 5.60 Å². The first-order chi connectivity index (χ1) is 11.7. The number of pyridine rings is 1. The van der Waals surface area contributed by atoms with E-state index in [1.807, 2.05) is 6.92 Å². The number of nitrogens with zero attached hydrogens (tertiary/aromatic N) is 1. The fourth-order valence-electron chi connectivity index (χ4n) is 2.14. The van der Waals surface area contributed by atoms with Crippen molar-refractivity contribution in [2.75, 3.05) is 12.1 Å². The van der Waals surface area contributed by atoms with Crippen molar-refractivity contribution >= 4 is 38.5 Å². The van der Waals surface area contributed by atoms with E-state index in [-0.39, 0.29) is 17.6 Å². The minimum Gasteiger partial charge on any atom is -0.477 e. The van der Waals surface area contributed by atoms with Gasteiger partial charge in [-0.3, -0.25) is 15.1 Å². The molecule has 8 nitrogen and oxygen atoms in total. The molecule has 0 saturated carbocycles. The molecule has 2 rings (SSSR count). The number of carboxylic acids is 1. The molecule has 2 heterocycles. The van der Waals surface area contributed by atoms with Crippen LogP contribution in [0.4, 0.5) is 5.00 Å². The van der Waals surface area contributed by atoms with Gasteiger partial charge >= 0.3 is 11.9 Å². The maximum Gasteiger partial charge on any atom is 0.341 e. The van der Waals surface area contributed by atoms with E-state index in [4.69, 9.17) is 9.57 Å². The Morgan fingerprint density at radius 2 is 2.04 bits per heavy atom. The number of aryl methyl sites for hydroxylation is 1. The number of esters is 1. The molecule has 0 atom stereocenters. The number of carbonyl (C=O) groups excluding carboxylic acids is 1. The van der Waals surface area contributed by atoms with E-state index in [1.165, 1.54) is 23.6 Å². The first-order valence-corrected chi connectivity index (χ1v) is 8.54. The molecule has 0 saturated heterocycles.